The van der Waals surface area contributed by atoms with Gasteiger partial charge in [-0.2, -0.15) is 0 Å². The van der Waals surface area contributed by atoms with Crippen LogP contribution >= 0.6 is 0 Å². The quantitative estimate of drug-likeness (QED) is 0.499. The van der Waals surface area contributed by atoms with E-state index in [1.165, 1.54) is 35.2 Å². The van der Waals surface area contributed by atoms with Gasteiger partial charge in [-0.05, 0) is 45.2 Å². The molecule has 0 heterocycles. The van der Waals surface area contributed by atoms with Crippen molar-refractivity contribution in [2.45, 2.75) is 117 Å². The molecule has 0 aromatic heterocycles. The molecule has 0 fully saturated rings. The second-order valence-corrected chi connectivity index (χ2v) is 4.51. The molecule has 0 unspecified atom stereocenters. The SMILES string of the molecule is CC.CC.CC.CC.CC.CCCc1cc(C)cc(C)c1N(CC)CC. The minimum absolute atomic E-state index is 1.09. The highest BCUT2D eigenvalue weighted by Crippen LogP contribution is 2.27. The molecule has 0 aliphatic carbocycles. The van der Waals surface area contributed by atoms with Crippen molar-refractivity contribution in [1.82, 2.24) is 0 Å². The molecule has 26 heavy (non-hydrogen) atoms. The van der Waals surface area contributed by atoms with Crippen LogP contribution in [0.5, 0.6) is 0 Å². The van der Waals surface area contributed by atoms with E-state index in [-0.39, 0.29) is 0 Å². The monoisotopic (exact) mass is 369 g/mol. The molecule has 0 amide bonds. The van der Waals surface area contributed by atoms with Gasteiger partial charge in [-0.25, -0.2) is 0 Å². The Balaban J connectivity index is -0.000000127. The second-order valence-electron chi connectivity index (χ2n) is 4.51. The number of anilines is 1. The molecule has 1 rings (SSSR count). The van der Waals surface area contributed by atoms with Crippen molar-refractivity contribution >= 4 is 5.69 Å². The van der Waals surface area contributed by atoms with E-state index < -0.39 is 0 Å². The molecule has 1 aromatic rings. The van der Waals surface area contributed by atoms with Gasteiger partial charge in [0, 0.05) is 18.8 Å². The third-order valence-electron chi connectivity index (χ3n) is 3.12. The molecule has 0 spiro atoms. The first kappa shape index (κ1) is 36.0. The van der Waals surface area contributed by atoms with Gasteiger partial charge < -0.3 is 4.90 Å². The van der Waals surface area contributed by atoms with Crippen LogP contribution in [-0.4, -0.2) is 13.1 Å². The summed E-state index contributed by atoms with van der Waals surface area (Å²) in [6.07, 6.45) is 2.41. The van der Waals surface area contributed by atoms with Gasteiger partial charge >= 0.3 is 0 Å². The van der Waals surface area contributed by atoms with Crippen LogP contribution in [0.4, 0.5) is 5.69 Å². The maximum Gasteiger partial charge on any atom is 0.0428 e. The highest BCUT2D eigenvalue weighted by molar-refractivity contribution is 5.60. The van der Waals surface area contributed by atoms with Crippen LogP contribution in [0, 0.1) is 13.8 Å². The normalized spacial score (nSPS) is 7.65. The van der Waals surface area contributed by atoms with Gasteiger partial charge in [0.2, 0.25) is 0 Å². The van der Waals surface area contributed by atoms with E-state index in [1.807, 2.05) is 69.2 Å². The number of hydrogen-bond acceptors (Lipinski definition) is 1. The Morgan fingerprint density at radius 2 is 1.04 bits per heavy atom. The highest BCUT2D eigenvalue weighted by Gasteiger charge is 2.11. The summed E-state index contributed by atoms with van der Waals surface area (Å²) in [6.45, 7) is 33.3. The third kappa shape index (κ3) is 16.5. The van der Waals surface area contributed by atoms with Crippen molar-refractivity contribution < 1.29 is 0 Å². The van der Waals surface area contributed by atoms with Crippen LogP contribution < -0.4 is 4.90 Å². The Hall–Kier alpha value is -0.980. The lowest BCUT2D eigenvalue weighted by molar-refractivity contribution is 0.835. The van der Waals surface area contributed by atoms with Gasteiger partial charge in [-0.3, -0.25) is 0 Å². The van der Waals surface area contributed by atoms with Crippen LogP contribution in [0.1, 0.15) is 113 Å². The summed E-state index contributed by atoms with van der Waals surface area (Å²) < 4.78 is 0. The zero-order valence-corrected chi connectivity index (χ0v) is 21.4. The largest absolute Gasteiger partial charge is 0.372 e. The summed E-state index contributed by atoms with van der Waals surface area (Å²) in [5.74, 6) is 0. The average Bonchev–Trinajstić information content (AvgIpc) is 2.72. The number of benzene rings is 1. The molecular formula is C25H55N. The third-order valence-corrected chi connectivity index (χ3v) is 3.12. The summed E-state index contributed by atoms with van der Waals surface area (Å²) in [5.41, 5.74) is 5.80. The van der Waals surface area contributed by atoms with Gasteiger partial charge in [-0.15, -0.1) is 0 Å². The van der Waals surface area contributed by atoms with E-state index in [0.29, 0.717) is 0 Å². The van der Waals surface area contributed by atoms with Crippen molar-refractivity contribution in [3.05, 3.63) is 28.8 Å². The molecule has 160 valence electrons. The first-order chi connectivity index (χ1) is 12.6. The van der Waals surface area contributed by atoms with Crippen LogP contribution in [0.2, 0.25) is 0 Å². The summed E-state index contributed by atoms with van der Waals surface area (Å²) in [7, 11) is 0. The Morgan fingerprint density at radius 3 is 1.35 bits per heavy atom. The topological polar surface area (TPSA) is 3.24 Å². The number of aryl methyl sites for hydroxylation is 3. The van der Waals surface area contributed by atoms with Crippen molar-refractivity contribution in [1.29, 1.82) is 0 Å². The molecule has 0 saturated carbocycles. The molecule has 0 bridgehead atoms. The Bertz CT molecular complexity index is 338. The molecular weight excluding hydrogens is 314 g/mol. The van der Waals surface area contributed by atoms with E-state index in [1.54, 1.807) is 0 Å². The fourth-order valence-electron chi connectivity index (χ4n) is 2.50. The van der Waals surface area contributed by atoms with Gasteiger partial charge in [0.15, 0.2) is 0 Å². The summed E-state index contributed by atoms with van der Waals surface area (Å²) >= 11 is 0. The smallest absolute Gasteiger partial charge is 0.0428 e. The fourth-order valence-corrected chi connectivity index (χ4v) is 2.50. The second kappa shape index (κ2) is 31.8. The molecule has 0 radical (unpaired) electrons. The Morgan fingerprint density at radius 1 is 0.654 bits per heavy atom. The van der Waals surface area contributed by atoms with Crippen LogP contribution in [0.15, 0.2) is 12.1 Å². The standard InChI is InChI=1S/C15H25N.5C2H6/c1-6-9-14-11-12(4)10-13(5)15(14)16(7-2)8-3;5*1-2/h10-11H,6-9H2,1-5H3;5*1-2H3. The first-order valence-electron chi connectivity index (χ1n) is 11.5. The Labute approximate surface area is 169 Å². The van der Waals surface area contributed by atoms with Crippen molar-refractivity contribution in [3.8, 4) is 0 Å². The van der Waals surface area contributed by atoms with Crippen LogP contribution in [0.25, 0.3) is 0 Å². The van der Waals surface area contributed by atoms with Crippen molar-refractivity contribution in [2.75, 3.05) is 18.0 Å². The van der Waals surface area contributed by atoms with Gasteiger partial charge in [0.25, 0.3) is 0 Å². The molecule has 1 nitrogen and oxygen atoms in total. The minimum Gasteiger partial charge on any atom is -0.372 e. The van der Waals surface area contributed by atoms with Gasteiger partial charge in [0.1, 0.15) is 0 Å². The summed E-state index contributed by atoms with van der Waals surface area (Å²) in [5, 5.41) is 0. The molecule has 0 aliphatic rings. The first-order valence-corrected chi connectivity index (χ1v) is 11.5. The molecule has 1 aromatic carbocycles. The van der Waals surface area contributed by atoms with Crippen molar-refractivity contribution in [3.63, 3.8) is 0 Å². The van der Waals surface area contributed by atoms with E-state index in [9.17, 15) is 0 Å². The predicted octanol–water partition coefficient (Wildman–Crippen LogP) is 9.23. The fraction of sp³-hybridized carbons (Fsp3) is 0.760. The van der Waals surface area contributed by atoms with E-state index in [0.717, 1.165) is 13.1 Å². The number of hydrogen-bond donors (Lipinski definition) is 0. The number of rotatable bonds is 5. The maximum atomic E-state index is 2.47. The van der Waals surface area contributed by atoms with E-state index >= 15 is 0 Å². The van der Waals surface area contributed by atoms with E-state index in [2.05, 4.69) is 51.7 Å². The highest BCUT2D eigenvalue weighted by atomic mass is 15.1. The summed E-state index contributed by atoms with van der Waals surface area (Å²) in [4.78, 5) is 2.47. The van der Waals surface area contributed by atoms with E-state index in [4.69, 9.17) is 0 Å². The number of nitrogens with zero attached hydrogens (tertiary/aromatic N) is 1. The lowest BCUT2D eigenvalue weighted by Crippen LogP contribution is -2.24. The van der Waals surface area contributed by atoms with Crippen LogP contribution in [-0.2, 0) is 6.42 Å². The average molecular weight is 370 g/mol. The Kier molecular flexibility index (Phi) is 44.0. The van der Waals surface area contributed by atoms with Gasteiger partial charge in [-0.1, -0.05) is 100 Å². The summed E-state index contributed by atoms with van der Waals surface area (Å²) in [6, 6.07) is 4.65. The molecule has 1 heteroatoms. The maximum absolute atomic E-state index is 2.47. The zero-order chi connectivity index (χ0) is 22.1. The van der Waals surface area contributed by atoms with Crippen molar-refractivity contribution in [2.24, 2.45) is 0 Å². The lowest BCUT2D eigenvalue weighted by Gasteiger charge is -2.26. The molecule has 0 aliphatic heterocycles. The zero-order valence-electron chi connectivity index (χ0n) is 21.4. The molecule has 0 atom stereocenters. The predicted molar refractivity (Wildman–Crippen MR) is 130 cm³/mol. The van der Waals surface area contributed by atoms with Crippen LogP contribution in [0.3, 0.4) is 0 Å². The van der Waals surface area contributed by atoms with Gasteiger partial charge in [0.05, 0.1) is 0 Å². The lowest BCUT2D eigenvalue weighted by atomic mass is 9.99. The molecule has 0 N–H and O–H groups in total. The minimum atomic E-state index is 1.09. The molecule has 0 saturated heterocycles.